The van der Waals surface area contributed by atoms with Gasteiger partial charge in [-0.25, -0.2) is 9.97 Å². The summed E-state index contributed by atoms with van der Waals surface area (Å²) in [4.78, 5) is 33.5. The smallest absolute Gasteiger partial charge is 0.315 e. The van der Waals surface area contributed by atoms with Crippen molar-refractivity contribution in [2.45, 2.75) is 13.5 Å². The maximum atomic E-state index is 12.6. The summed E-state index contributed by atoms with van der Waals surface area (Å²) in [5, 5.41) is 2.74. The molecule has 1 aromatic carbocycles. The molecule has 0 aliphatic heterocycles. The van der Waals surface area contributed by atoms with E-state index in [-0.39, 0.29) is 12.4 Å². The van der Waals surface area contributed by atoms with Gasteiger partial charge >= 0.3 is 5.56 Å². The first-order valence-electron chi connectivity index (χ1n) is 8.05. The number of ether oxygens (including phenoxy) is 2. The van der Waals surface area contributed by atoms with Gasteiger partial charge in [0.25, 0.3) is 5.88 Å². The van der Waals surface area contributed by atoms with E-state index in [2.05, 4.69) is 15.3 Å². The van der Waals surface area contributed by atoms with E-state index in [0.29, 0.717) is 29.2 Å². The third-order valence-electron chi connectivity index (χ3n) is 3.64. The predicted molar refractivity (Wildman–Crippen MR) is 96.6 cm³/mol. The lowest BCUT2D eigenvalue weighted by Gasteiger charge is -2.13. The molecule has 2 heterocycles. The molecule has 0 atom stereocenters. The number of pyridine rings is 1. The summed E-state index contributed by atoms with van der Waals surface area (Å²) in [5.74, 6) is 0.0798. The highest BCUT2D eigenvalue weighted by atomic mass is 16.5. The van der Waals surface area contributed by atoms with Crippen molar-refractivity contribution in [3.8, 4) is 11.6 Å². The topological polar surface area (TPSA) is 95.3 Å². The third-order valence-corrected chi connectivity index (χ3v) is 3.64. The first-order chi connectivity index (χ1) is 12.6. The number of hydrogen-bond donors (Lipinski definition) is 1. The Balaban J connectivity index is 1.96. The molecule has 0 saturated carbocycles. The van der Waals surface area contributed by atoms with Crippen molar-refractivity contribution in [3.05, 3.63) is 52.9 Å². The van der Waals surface area contributed by atoms with Crippen LogP contribution in [0, 0.1) is 0 Å². The molecule has 2 aromatic heterocycles. The lowest BCUT2D eigenvalue weighted by molar-refractivity contribution is -0.116. The molecular formula is C18H18N4O4. The number of aromatic nitrogens is 3. The van der Waals surface area contributed by atoms with Gasteiger partial charge in [-0.15, -0.1) is 0 Å². The second-order valence-electron chi connectivity index (χ2n) is 5.34. The van der Waals surface area contributed by atoms with E-state index in [9.17, 15) is 9.59 Å². The van der Waals surface area contributed by atoms with Crippen LogP contribution < -0.4 is 20.3 Å². The van der Waals surface area contributed by atoms with Crippen molar-refractivity contribution in [3.63, 3.8) is 0 Å². The van der Waals surface area contributed by atoms with Gasteiger partial charge in [0.2, 0.25) is 5.91 Å². The molecule has 1 N–H and O–H groups in total. The van der Waals surface area contributed by atoms with Gasteiger partial charge in [0.05, 0.1) is 19.4 Å². The second kappa shape index (κ2) is 7.64. The molecule has 8 nitrogen and oxygen atoms in total. The number of para-hydroxylation sites is 2. The number of benzene rings is 1. The maximum Gasteiger partial charge on any atom is 0.315 e. The van der Waals surface area contributed by atoms with E-state index in [1.54, 1.807) is 49.5 Å². The Hall–Kier alpha value is -3.42. The Morgan fingerprint density at radius 3 is 2.81 bits per heavy atom. The van der Waals surface area contributed by atoms with Crippen molar-refractivity contribution >= 4 is 22.8 Å². The van der Waals surface area contributed by atoms with E-state index in [1.165, 1.54) is 11.7 Å². The molecule has 3 aromatic rings. The highest BCUT2D eigenvalue weighted by Crippen LogP contribution is 2.23. The van der Waals surface area contributed by atoms with Gasteiger partial charge in [0.15, 0.2) is 5.65 Å². The molecule has 8 heteroatoms. The number of anilines is 1. The van der Waals surface area contributed by atoms with Gasteiger partial charge in [0, 0.05) is 6.20 Å². The summed E-state index contributed by atoms with van der Waals surface area (Å²) in [7, 11) is 1.52. The molecule has 134 valence electrons. The number of carbonyl (C=O) groups excluding carboxylic acids is 1. The monoisotopic (exact) mass is 354 g/mol. The van der Waals surface area contributed by atoms with Crippen LogP contribution in [-0.4, -0.2) is 34.2 Å². The highest BCUT2D eigenvalue weighted by molar-refractivity contribution is 5.92. The lowest BCUT2D eigenvalue weighted by atomic mass is 10.3. The van der Waals surface area contributed by atoms with Gasteiger partial charge in [0.1, 0.15) is 17.8 Å². The number of nitrogens with zero attached hydrogens (tertiary/aromatic N) is 3. The average Bonchev–Trinajstić information content (AvgIpc) is 2.65. The SMILES string of the molecule is CCOc1nc2cccnc2n(CC(=O)Nc2ccccc2OC)c1=O. The number of nitrogens with one attached hydrogen (secondary N) is 1. The normalized spacial score (nSPS) is 10.5. The first-order valence-corrected chi connectivity index (χ1v) is 8.05. The predicted octanol–water partition coefficient (Wildman–Crippen LogP) is 1.84. The van der Waals surface area contributed by atoms with Crippen LogP contribution in [0.2, 0.25) is 0 Å². The van der Waals surface area contributed by atoms with Crippen LogP contribution in [0.25, 0.3) is 11.2 Å². The minimum absolute atomic E-state index is 0.0573. The second-order valence-corrected chi connectivity index (χ2v) is 5.34. The van der Waals surface area contributed by atoms with Crippen LogP contribution in [0.4, 0.5) is 5.69 Å². The molecule has 0 saturated heterocycles. The van der Waals surface area contributed by atoms with Crippen molar-refractivity contribution in [2.75, 3.05) is 19.0 Å². The molecule has 3 rings (SSSR count). The molecule has 0 spiro atoms. The molecular weight excluding hydrogens is 336 g/mol. The highest BCUT2D eigenvalue weighted by Gasteiger charge is 2.16. The molecule has 0 bridgehead atoms. The minimum Gasteiger partial charge on any atom is -0.495 e. The van der Waals surface area contributed by atoms with Gasteiger partial charge < -0.3 is 14.8 Å². The Kier molecular flexibility index (Phi) is 5.12. The van der Waals surface area contributed by atoms with E-state index >= 15 is 0 Å². The van der Waals surface area contributed by atoms with E-state index in [1.807, 2.05) is 0 Å². The number of rotatable bonds is 6. The Morgan fingerprint density at radius 2 is 2.04 bits per heavy atom. The summed E-state index contributed by atoms with van der Waals surface area (Å²) < 4.78 is 11.8. The zero-order valence-corrected chi connectivity index (χ0v) is 14.4. The molecule has 0 aliphatic carbocycles. The maximum absolute atomic E-state index is 12.6. The van der Waals surface area contributed by atoms with Crippen molar-refractivity contribution in [1.29, 1.82) is 0 Å². The van der Waals surface area contributed by atoms with Crippen LogP contribution in [0.1, 0.15) is 6.92 Å². The fraction of sp³-hybridized carbons (Fsp3) is 0.222. The number of methoxy groups -OCH3 is 1. The zero-order chi connectivity index (χ0) is 18.5. The van der Waals surface area contributed by atoms with Crippen molar-refractivity contribution < 1.29 is 14.3 Å². The van der Waals surface area contributed by atoms with Crippen molar-refractivity contribution in [1.82, 2.24) is 14.5 Å². The molecule has 0 unspecified atom stereocenters. The summed E-state index contributed by atoms with van der Waals surface area (Å²) in [6, 6.07) is 10.4. The van der Waals surface area contributed by atoms with Crippen LogP contribution >= 0.6 is 0 Å². The zero-order valence-electron chi connectivity index (χ0n) is 14.4. The number of fused-ring (bicyclic) bond motifs is 1. The number of hydrogen-bond acceptors (Lipinski definition) is 6. The summed E-state index contributed by atoms with van der Waals surface area (Å²) >= 11 is 0. The molecule has 1 amide bonds. The quantitative estimate of drug-likeness (QED) is 0.726. The molecule has 26 heavy (non-hydrogen) atoms. The van der Waals surface area contributed by atoms with E-state index in [0.717, 1.165) is 0 Å². The summed E-state index contributed by atoms with van der Waals surface area (Å²) in [6.07, 6.45) is 1.54. The average molecular weight is 354 g/mol. The van der Waals surface area contributed by atoms with Crippen LogP contribution in [0.3, 0.4) is 0 Å². The third kappa shape index (κ3) is 3.49. The van der Waals surface area contributed by atoms with Crippen LogP contribution in [-0.2, 0) is 11.3 Å². The summed E-state index contributed by atoms with van der Waals surface area (Å²) in [6.45, 7) is 1.82. The number of carbonyl (C=O) groups is 1. The standard InChI is InChI=1S/C18H18N4O4/c1-3-26-17-18(24)22(16-13(21-17)8-6-10-19-16)11-15(23)20-12-7-4-5-9-14(12)25-2/h4-10H,3,11H2,1-2H3,(H,20,23). The Morgan fingerprint density at radius 1 is 1.23 bits per heavy atom. The van der Waals surface area contributed by atoms with Gasteiger partial charge in [-0.2, -0.15) is 0 Å². The van der Waals surface area contributed by atoms with Crippen LogP contribution in [0.15, 0.2) is 47.4 Å². The van der Waals surface area contributed by atoms with Gasteiger partial charge in [-0.3, -0.25) is 14.2 Å². The lowest BCUT2D eigenvalue weighted by Crippen LogP contribution is -2.30. The molecule has 0 aliphatic rings. The van der Waals surface area contributed by atoms with E-state index < -0.39 is 11.5 Å². The fourth-order valence-corrected chi connectivity index (χ4v) is 2.51. The molecule has 0 fully saturated rings. The summed E-state index contributed by atoms with van der Waals surface area (Å²) in [5.41, 5.74) is 0.800. The Bertz CT molecular complexity index is 1000. The molecule has 0 radical (unpaired) electrons. The minimum atomic E-state index is -0.506. The van der Waals surface area contributed by atoms with Gasteiger partial charge in [-0.05, 0) is 31.2 Å². The Labute approximate surface area is 149 Å². The van der Waals surface area contributed by atoms with E-state index in [4.69, 9.17) is 9.47 Å². The number of amides is 1. The van der Waals surface area contributed by atoms with Crippen molar-refractivity contribution in [2.24, 2.45) is 0 Å². The van der Waals surface area contributed by atoms with Crippen LogP contribution in [0.5, 0.6) is 11.6 Å². The van der Waals surface area contributed by atoms with Gasteiger partial charge in [-0.1, -0.05) is 12.1 Å². The first kappa shape index (κ1) is 17.4. The largest absolute Gasteiger partial charge is 0.495 e. The fourth-order valence-electron chi connectivity index (χ4n) is 2.51.